The predicted octanol–water partition coefficient (Wildman–Crippen LogP) is 0.628. The second kappa shape index (κ2) is 7.31. The SMILES string of the molecule is COc1ccc(S(=O)(=O)Oc2cccc3c2=CN2CC=c4cc5c(cc4=C2C=3)OCO5)cc1. The van der Waals surface area contributed by atoms with Gasteiger partial charge in [-0.2, -0.15) is 8.42 Å². The van der Waals surface area contributed by atoms with Gasteiger partial charge < -0.3 is 23.3 Å². The summed E-state index contributed by atoms with van der Waals surface area (Å²) in [6, 6.07) is 15.5. The highest BCUT2D eigenvalue weighted by molar-refractivity contribution is 7.87. The van der Waals surface area contributed by atoms with Crippen LogP contribution in [0.25, 0.3) is 24.0 Å². The molecule has 3 aromatic rings. The Kier molecular flexibility index (Phi) is 4.38. The highest BCUT2D eigenvalue weighted by atomic mass is 32.2. The predicted molar refractivity (Wildman–Crippen MR) is 122 cm³/mol. The molecule has 3 heterocycles. The molecule has 166 valence electrons. The molecule has 0 radical (unpaired) electrons. The molecule has 0 spiro atoms. The molecule has 0 amide bonds. The Balaban J connectivity index is 1.45. The topological polar surface area (TPSA) is 74.3 Å². The van der Waals surface area contributed by atoms with Gasteiger partial charge in [0.1, 0.15) is 10.6 Å². The minimum absolute atomic E-state index is 0.0595. The Morgan fingerprint density at radius 3 is 2.55 bits per heavy atom. The second-order valence-corrected chi connectivity index (χ2v) is 9.33. The summed E-state index contributed by atoms with van der Waals surface area (Å²) < 4.78 is 47.5. The molecule has 0 fully saturated rings. The van der Waals surface area contributed by atoms with E-state index in [0.717, 1.165) is 32.9 Å². The van der Waals surface area contributed by atoms with Gasteiger partial charge in [0.05, 0.1) is 7.11 Å². The summed E-state index contributed by atoms with van der Waals surface area (Å²) in [4.78, 5) is 2.13. The van der Waals surface area contributed by atoms with E-state index < -0.39 is 10.1 Å². The molecule has 0 unspecified atom stereocenters. The van der Waals surface area contributed by atoms with Crippen LogP contribution in [0, 0.1) is 0 Å². The van der Waals surface area contributed by atoms with Crippen LogP contribution in [0.2, 0.25) is 0 Å². The first kappa shape index (κ1) is 19.8. The number of fused-ring (bicyclic) bond motifs is 4. The molecule has 3 aliphatic rings. The first-order chi connectivity index (χ1) is 16.0. The van der Waals surface area contributed by atoms with Crippen LogP contribution in [0.5, 0.6) is 23.0 Å². The van der Waals surface area contributed by atoms with Crippen molar-refractivity contribution in [3.8, 4) is 23.0 Å². The Morgan fingerprint density at radius 1 is 0.970 bits per heavy atom. The monoisotopic (exact) mass is 461 g/mol. The molecule has 0 atom stereocenters. The van der Waals surface area contributed by atoms with E-state index >= 15 is 0 Å². The molecular formula is C25H19NO6S. The summed E-state index contributed by atoms with van der Waals surface area (Å²) in [6.07, 6.45) is 6.07. The number of ether oxygens (including phenoxy) is 3. The molecule has 0 aromatic heterocycles. The van der Waals surface area contributed by atoms with Gasteiger partial charge in [-0.1, -0.05) is 18.2 Å². The molecular weight excluding hydrogens is 442 g/mol. The summed E-state index contributed by atoms with van der Waals surface area (Å²) in [5, 5.41) is 3.68. The van der Waals surface area contributed by atoms with Crippen LogP contribution in [0.15, 0.2) is 59.5 Å². The molecule has 0 N–H and O–H groups in total. The third-order valence-corrected chi connectivity index (χ3v) is 7.11. The quantitative estimate of drug-likeness (QED) is 0.528. The van der Waals surface area contributed by atoms with Crippen LogP contribution in [0.4, 0.5) is 0 Å². The van der Waals surface area contributed by atoms with Crippen molar-refractivity contribution in [2.45, 2.75) is 4.90 Å². The fraction of sp³-hybridized carbons (Fsp3) is 0.120. The van der Waals surface area contributed by atoms with Gasteiger partial charge in [-0.25, -0.2) is 0 Å². The first-order valence-corrected chi connectivity index (χ1v) is 11.7. The fourth-order valence-electron chi connectivity index (χ4n) is 4.19. The van der Waals surface area contributed by atoms with Crippen molar-refractivity contribution in [2.75, 3.05) is 20.4 Å². The van der Waals surface area contributed by atoms with E-state index in [4.69, 9.17) is 18.4 Å². The van der Waals surface area contributed by atoms with Crippen LogP contribution in [0.3, 0.4) is 0 Å². The Morgan fingerprint density at radius 2 is 1.76 bits per heavy atom. The molecule has 6 rings (SSSR count). The number of rotatable bonds is 4. The summed E-state index contributed by atoms with van der Waals surface area (Å²) in [5.41, 5.74) is 1.01. The van der Waals surface area contributed by atoms with Gasteiger partial charge in [0.2, 0.25) is 6.79 Å². The van der Waals surface area contributed by atoms with Crippen molar-refractivity contribution in [3.05, 3.63) is 75.5 Å². The Hall–Kier alpha value is -3.91. The molecule has 0 saturated heterocycles. The van der Waals surface area contributed by atoms with Gasteiger partial charge in [-0.05, 0) is 59.0 Å². The van der Waals surface area contributed by atoms with Gasteiger partial charge in [0.15, 0.2) is 17.2 Å². The van der Waals surface area contributed by atoms with E-state index in [9.17, 15) is 8.42 Å². The average Bonchev–Trinajstić information content (AvgIpc) is 3.29. The Labute approximate surface area is 189 Å². The maximum Gasteiger partial charge on any atom is 0.339 e. The molecule has 0 saturated carbocycles. The standard InChI is InChI=1S/C25H19NO6S/c1-29-18-5-7-19(8-6-18)33(27,28)32-23-4-2-3-16-11-22-20-13-25-24(30-15-31-25)12-17(20)9-10-26(22)14-21(16)23/h2-9,11-14H,10,15H2,1H3. The molecule has 0 bridgehead atoms. The van der Waals surface area contributed by atoms with Gasteiger partial charge in [-0.3, -0.25) is 0 Å². The van der Waals surface area contributed by atoms with Crippen LogP contribution in [0.1, 0.15) is 0 Å². The molecule has 3 aromatic carbocycles. The maximum absolute atomic E-state index is 12.9. The summed E-state index contributed by atoms with van der Waals surface area (Å²) in [7, 11) is -2.48. The highest BCUT2D eigenvalue weighted by Gasteiger charge is 2.21. The zero-order valence-corrected chi connectivity index (χ0v) is 18.5. The zero-order valence-electron chi connectivity index (χ0n) is 17.6. The molecule has 8 heteroatoms. The summed E-state index contributed by atoms with van der Waals surface area (Å²) >= 11 is 0. The smallest absolute Gasteiger partial charge is 0.339 e. The van der Waals surface area contributed by atoms with Crippen molar-refractivity contribution in [2.24, 2.45) is 0 Å². The van der Waals surface area contributed by atoms with Crippen molar-refractivity contribution < 1.29 is 26.8 Å². The molecule has 7 nitrogen and oxygen atoms in total. The molecule has 3 aliphatic heterocycles. The Bertz CT molecular complexity index is 1640. The summed E-state index contributed by atoms with van der Waals surface area (Å²) in [5.74, 6) is 2.31. The maximum atomic E-state index is 12.9. The number of hydrogen-bond acceptors (Lipinski definition) is 7. The molecule has 0 aliphatic carbocycles. The lowest BCUT2D eigenvalue weighted by Gasteiger charge is -2.26. The van der Waals surface area contributed by atoms with Gasteiger partial charge >= 0.3 is 10.1 Å². The number of nitrogens with zero attached hydrogens (tertiary/aromatic N) is 1. The first-order valence-electron chi connectivity index (χ1n) is 10.3. The second-order valence-electron chi connectivity index (χ2n) is 7.78. The van der Waals surface area contributed by atoms with E-state index in [-0.39, 0.29) is 17.4 Å². The van der Waals surface area contributed by atoms with Crippen molar-refractivity contribution in [1.82, 2.24) is 4.90 Å². The van der Waals surface area contributed by atoms with E-state index in [1.54, 1.807) is 24.3 Å². The van der Waals surface area contributed by atoms with Crippen molar-refractivity contribution in [3.63, 3.8) is 0 Å². The van der Waals surface area contributed by atoms with E-state index in [1.807, 2.05) is 30.5 Å². The van der Waals surface area contributed by atoms with Crippen molar-refractivity contribution in [1.29, 1.82) is 0 Å². The minimum atomic E-state index is -4.01. The van der Waals surface area contributed by atoms with Crippen LogP contribution >= 0.6 is 0 Å². The lowest BCUT2D eigenvalue weighted by atomic mass is 10.0. The lowest BCUT2D eigenvalue weighted by Crippen LogP contribution is -2.43. The fourth-order valence-corrected chi connectivity index (χ4v) is 5.14. The third-order valence-electron chi connectivity index (χ3n) is 5.86. The van der Waals surface area contributed by atoms with E-state index in [1.165, 1.54) is 19.2 Å². The third kappa shape index (κ3) is 3.30. The lowest BCUT2D eigenvalue weighted by molar-refractivity contribution is 0.174. The van der Waals surface area contributed by atoms with Crippen LogP contribution in [-0.4, -0.2) is 33.8 Å². The van der Waals surface area contributed by atoms with Crippen LogP contribution < -0.4 is 39.3 Å². The number of methoxy groups -OCH3 is 1. The largest absolute Gasteiger partial charge is 0.497 e. The van der Waals surface area contributed by atoms with Crippen LogP contribution in [-0.2, 0) is 10.1 Å². The van der Waals surface area contributed by atoms with E-state index in [2.05, 4.69) is 11.0 Å². The number of hydrogen-bond donors (Lipinski definition) is 0. The average molecular weight is 461 g/mol. The zero-order chi connectivity index (χ0) is 22.6. The normalized spacial score (nSPS) is 15.3. The van der Waals surface area contributed by atoms with Gasteiger partial charge in [-0.15, -0.1) is 0 Å². The highest BCUT2D eigenvalue weighted by Crippen LogP contribution is 2.29. The minimum Gasteiger partial charge on any atom is -0.497 e. The van der Waals surface area contributed by atoms with Gasteiger partial charge in [0.25, 0.3) is 0 Å². The van der Waals surface area contributed by atoms with E-state index in [0.29, 0.717) is 17.5 Å². The van der Waals surface area contributed by atoms with Gasteiger partial charge in [0, 0.05) is 28.9 Å². The van der Waals surface area contributed by atoms with Crippen molar-refractivity contribution >= 4 is 34.2 Å². The molecule has 33 heavy (non-hydrogen) atoms. The number of benzene rings is 3. The summed E-state index contributed by atoms with van der Waals surface area (Å²) in [6.45, 7) is 0.858.